The summed E-state index contributed by atoms with van der Waals surface area (Å²) < 4.78 is 5.43. The molecule has 8 rings (SSSR count). The van der Waals surface area contributed by atoms with Gasteiger partial charge in [-0.1, -0.05) is 167 Å². The molecule has 1 aliphatic rings. The number of methoxy groups -OCH3 is 1. The number of carbonyl (C=O) groups excluding carboxylic acids is 15. The number of hydrogen-bond acceptors (Lipinski definition) is 20. The van der Waals surface area contributed by atoms with Gasteiger partial charge in [-0.25, -0.2) is 0 Å². The van der Waals surface area contributed by atoms with E-state index in [0.717, 1.165) is 36.3 Å². The average Bonchev–Trinajstić information content (AvgIpc) is 1.73. The molecule has 129 heavy (non-hydrogen) atoms. The molecule has 1 aromatic heterocycles. The summed E-state index contributed by atoms with van der Waals surface area (Å²) in [5.74, 6) is -17.0. The number of likely N-dealkylation sites (N-methyl/N-ethyl adjacent to an activating group) is 5. The zero-order valence-electron chi connectivity index (χ0n) is 73.6. The van der Waals surface area contributed by atoms with Crippen LogP contribution in [0, 0.1) is 5.92 Å². The molecule has 36 nitrogen and oxygen atoms in total. The van der Waals surface area contributed by atoms with Gasteiger partial charge in [0.2, 0.25) is 88.6 Å². The number of aromatic nitrogens is 1. The molecule has 0 bridgehead atoms. The van der Waals surface area contributed by atoms with Gasteiger partial charge in [0.25, 0.3) is 0 Å². The van der Waals surface area contributed by atoms with Gasteiger partial charge in [0.15, 0.2) is 0 Å². The van der Waals surface area contributed by atoms with E-state index in [1.54, 1.807) is 135 Å². The van der Waals surface area contributed by atoms with Gasteiger partial charge in [0.1, 0.15) is 78.0 Å². The van der Waals surface area contributed by atoms with Crippen LogP contribution in [0.1, 0.15) is 86.3 Å². The van der Waals surface area contributed by atoms with E-state index in [1.807, 2.05) is 6.92 Å². The SMILES string of the molecule is CCCC[C@H]1C(=O)N(C)CC(=O)N[C@@H](CC(=O)O)C(=O)N[C@@H](COC)C(=O)N(C)[C@@H](Cc2ccccc2)C(=O)N[C@@H](Cc2ccc(O)cc2)C(=O)N(C)CC(=O)N[C@@H](Cc2c[nH]c3ccccc23)C(=O)N[C@@H](Cc2ccc(O)cc2)C(=O)N[C@@H](CC(C)C)C(=O)N[C@H](C(=O)NCC(N)=O)CSCC(=O)N[C@@H](Cc2ccccc2)C(=O)N(C)[C@@H](Cc2ccccc2)C(=O)N1C. The van der Waals surface area contributed by atoms with E-state index < -0.39 is 199 Å². The minimum atomic E-state index is -1.95. The van der Waals surface area contributed by atoms with Crippen LogP contribution in [0.25, 0.3) is 10.9 Å². The summed E-state index contributed by atoms with van der Waals surface area (Å²) in [5.41, 5.74) is 9.05. The van der Waals surface area contributed by atoms with E-state index in [4.69, 9.17) is 10.5 Å². The molecule has 37 heteroatoms. The summed E-state index contributed by atoms with van der Waals surface area (Å²) in [6.07, 6.45) is -0.0451. The van der Waals surface area contributed by atoms with E-state index in [2.05, 4.69) is 52.8 Å². The van der Waals surface area contributed by atoms with Crippen molar-refractivity contribution in [2.45, 2.75) is 158 Å². The summed E-state index contributed by atoms with van der Waals surface area (Å²) in [7, 11) is 7.64. The summed E-state index contributed by atoms with van der Waals surface area (Å²) in [6, 6.07) is 26.7. The quantitative estimate of drug-likeness (QED) is 0.0406. The molecule has 15 N–H and O–H groups in total. The Morgan fingerprint density at radius 3 is 1.45 bits per heavy atom. The van der Waals surface area contributed by atoms with Crippen molar-refractivity contribution in [3.63, 3.8) is 0 Å². The van der Waals surface area contributed by atoms with Crippen LogP contribution in [0.3, 0.4) is 0 Å². The zero-order valence-corrected chi connectivity index (χ0v) is 74.4. The monoisotopic (exact) mass is 1800 g/mol. The van der Waals surface area contributed by atoms with Crippen LogP contribution >= 0.6 is 11.8 Å². The van der Waals surface area contributed by atoms with E-state index in [0.29, 0.717) is 57.1 Å². The van der Waals surface area contributed by atoms with Gasteiger partial charge < -0.3 is 103 Å². The maximum Gasteiger partial charge on any atom is 0.305 e. The molecule has 6 aromatic carbocycles. The van der Waals surface area contributed by atoms with E-state index >= 15 is 33.6 Å². The third-order valence-corrected chi connectivity index (χ3v) is 22.8. The number of thioether (sulfide) groups is 1. The number of aromatic hydroxyl groups is 2. The summed E-state index contributed by atoms with van der Waals surface area (Å²) in [5, 5.41) is 55.3. The lowest BCUT2D eigenvalue weighted by molar-refractivity contribution is -0.151. The topological polar surface area (TPSA) is 509 Å². The van der Waals surface area contributed by atoms with Gasteiger partial charge in [-0.2, -0.15) is 0 Å². The average molecular weight is 1800 g/mol. The molecule has 1 saturated heterocycles. The minimum absolute atomic E-state index is 0.0203. The van der Waals surface area contributed by atoms with Crippen LogP contribution < -0.4 is 53.6 Å². The molecule has 0 spiro atoms. The summed E-state index contributed by atoms with van der Waals surface area (Å²) >= 11 is 0.826. The first-order valence-corrected chi connectivity index (χ1v) is 43.4. The third-order valence-electron chi connectivity index (χ3n) is 21.8. The largest absolute Gasteiger partial charge is 0.508 e. The standard InChI is InChI=1S/C92H116N16O20S/c1-10-11-31-74-91(126)105(5)51-79(113)97-69(47-81(115)116)86(121)102-72(52-128-9)90(125)107(7)75(44-57-25-17-13-18-26-57)87(122)101-70(43-60-34-38-63(110)39-35-60)88(123)104(4)50-78(112)96-68(46-61-48-94-65-30-22-21-29-64(61)65)85(120)100-67(41-59-32-36-62(109)37-33-59)84(119)99-66(40-55(2)3)83(118)103-73(82(117)95-49-77(93)111)53-129-54-80(114)98-71(42-56-23-15-12-16-24-56)89(124)108(8)76(92(127)106(74)6)45-58-27-19-14-20-28-58/h12-30,32-39,48,55,66-76,94,109-110H,10-11,31,40-47,49-54H2,1-9H3,(H2,93,111)(H,95,117)(H,96,112)(H,97,113)(H,98,114)(H,99,119)(H,100,120)(H,101,122)(H,102,121)(H,103,118)(H,115,116)/t66-,67-,68-,69-,70-,71-,72-,73-,74-,75-,76-/m0/s1. The lowest BCUT2D eigenvalue weighted by Crippen LogP contribution is -2.61. The fourth-order valence-corrected chi connectivity index (χ4v) is 15.7. The first-order chi connectivity index (χ1) is 61.5. The highest BCUT2D eigenvalue weighted by molar-refractivity contribution is 8.00. The molecule has 0 saturated carbocycles. The van der Waals surface area contributed by atoms with Crippen molar-refractivity contribution < 1.29 is 96.8 Å². The van der Waals surface area contributed by atoms with Crippen LogP contribution in [0.15, 0.2) is 170 Å². The Kier molecular flexibility index (Phi) is 38.6. The molecule has 0 radical (unpaired) electrons. The second-order valence-electron chi connectivity index (χ2n) is 32.3. The summed E-state index contributed by atoms with van der Waals surface area (Å²) in [6.45, 7) is 2.40. The predicted octanol–water partition coefficient (Wildman–Crippen LogP) is 1.32. The molecular weight excluding hydrogens is 1680 g/mol. The van der Waals surface area contributed by atoms with Gasteiger partial charge in [-0.15, -0.1) is 11.8 Å². The maximum absolute atomic E-state index is 15.5. The first-order valence-electron chi connectivity index (χ1n) is 42.3. The number of aliphatic carboxylic acids is 1. The number of fused-ring (bicyclic) bond motifs is 1. The molecule has 0 aliphatic carbocycles. The molecule has 1 aliphatic heterocycles. The van der Waals surface area contributed by atoms with Crippen molar-refractivity contribution in [2.24, 2.45) is 11.7 Å². The van der Waals surface area contributed by atoms with Gasteiger partial charge in [0.05, 0.1) is 38.4 Å². The number of phenolic OH excluding ortho intramolecular Hbond substituents is 2. The Morgan fingerprint density at radius 2 is 0.907 bits per heavy atom. The van der Waals surface area contributed by atoms with Gasteiger partial charge in [-0.05, 0) is 82.5 Å². The Labute approximate surface area is 752 Å². The highest BCUT2D eigenvalue weighted by Gasteiger charge is 2.42. The highest BCUT2D eigenvalue weighted by atomic mass is 32.2. The smallest absolute Gasteiger partial charge is 0.305 e. The van der Waals surface area contributed by atoms with E-state index in [9.17, 15) is 58.5 Å². The van der Waals surface area contributed by atoms with Gasteiger partial charge in [-0.3, -0.25) is 76.7 Å². The number of carboxylic acid groups (broad SMARTS) is 1. The number of amides is 15. The van der Waals surface area contributed by atoms with Crippen molar-refractivity contribution in [3.05, 3.63) is 203 Å². The van der Waals surface area contributed by atoms with Gasteiger partial charge in [0, 0.05) is 104 Å². The number of primary amides is 1. The molecule has 1 fully saturated rings. The molecule has 0 unspecified atom stereocenters. The predicted molar refractivity (Wildman–Crippen MR) is 479 cm³/mol. The van der Waals surface area contributed by atoms with Crippen molar-refractivity contribution in [2.75, 3.05) is 80.1 Å². The van der Waals surface area contributed by atoms with E-state index in [1.165, 1.54) is 90.9 Å². The fraction of sp³-hybridized carbons (Fsp3) is 0.413. The number of nitrogens with one attached hydrogen (secondary N) is 10. The number of aromatic amines is 1. The number of carbonyl (C=O) groups is 16. The number of H-pyrrole nitrogens is 1. The normalized spacial score (nSPS) is 21.9. The lowest BCUT2D eigenvalue weighted by atomic mass is 9.99. The van der Waals surface area contributed by atoms with Gasteiger partial charge >= 0.3 is 5.97 Å². The number of benzene rings is 6. The number of hydrogen-bond donors (Lipinski definition) is 14. The number of nitrogens with two attached hydrogens (primary N) is 1. The van der Waals surface area contributed by atoms with Crippen LogP contribution in [-0.2, 0) is 120 Å². The molecule has 7 aromatic rings. The third kappa shape index (κ3) is 30.8. The van der Waals surface area contributed by atoms with Crippen LogP contribution in [0.5, 0.6) is 11.5 Å². The minimum Gasteiger partial charge on any atom is -0.508 e. The Hall–Kier alpha value is -13.7. The Bertz CT molecular complexity index is 5050. The maximum atomic E-state index is 15.5. The van der Waals surface area contributed by atoms with Crippen molar-refractivity contribution in [1.82, 2.24) is 77.3 Å². The number of unbranched alkanes of at least 4 members (excludes halogenated alkanes) is 1. The van der Waals surface area contributed by atoms with Crippen LogP contribution in [0.4, 0.5) is 0 Å². The number of para-hydroxylation sites is 1. The first kappa shape index (κ1) is 101. The number of nitrogens with zero attached hydrogens (tertiary/aromatic N) is 5. The van der Waals surface area contributed by atoms with Crippen LogP contribution in [-0.4, -0.2) is 286 Å². The second kappa shape index (κ2) is 49.4. The molecule has 11 atom stereocenters. The zero-order chi connectivity index (χ0) is 94.1. The number of phenols is 2. The van der Waals surface area contributed by atoms with E-state index in [-0.39, 0.29) is 74.5 Å². The summed E-state index contributed by atoms with van der Waals surface area (Å²) in [4.78, 5) is 243. The highest BCUT2D eigenvalue weighted by Crippen LogP contribution is 2.24. The van der Waals surface area contributed by atoms with Crippen molar-refractivity contribution in [3.8, 4) is 11.5 Å². The fourth-order valence-electron chi connectivity index (χ4n) is 14.8. The van der Waals surface area contributed by atoms with Crippen molar-refractivity contribution >= 4 is 117 Å². The second-order valence-corrected chi connectivity index (χ2v) is 33.4. The lowest BCUT2D eigenvalue weighted by Gasteiger charge is -2.37. The molecule has 2 heterocycles. The number of rotatable bonds is 24. The number of carboxylic acids is 1. The molecule has 15 amide bonds. The Balaban J connectivity index is 1.21. The van der Waals surface area contributed by atoms with Crippen molar-refractivity contribution in [1.29, 1.82) is 0 Å². The molecular formula is C92H116N16O20S. The Morgan fingerprint density at radius 1 is 0.473 bits per heavy atom. The number of ether oxygens (including phenoxy) is 1. The molecule has 690 valence electrons. The van der Waals surface area contributed by atoms with Crippen LogP contribution in [0.2, 0.25) is 0 Å².